The molecular weight excluding hydrogens is 216 g/mol. The summed E-state index contributed by atoms with van der Waals surface area (Å²) in [6, 6.07) is 0.187. The Morgan fingerprint density at radius 1 is 1.47 bits per heavy atom. The van der Waals surface area contributed by atoms with Crippen molar-refractivity contribution < 1.29 is 4.79 Å². The molecule has 0 aromatic heterocycles. The topological polar surface area (TPSA) is 79.5 Å². The third-order valence-electron chi connectivity index (χ3n) is 2.85. The van der Waals surface area contributed by atoms with E-state index >= 15 is 0 Å². The molecule has 0 aliphatic heterocycles. The van der Waals surface area contributed by atoms with Crippen molar-refractivity contribution in [2.45, 2.75) is 45.6 Å². The third-order valence-corrected chi connectivity index (χ3v) is 2.85. The predicted molar refractivity (Wildman–Crippen MR) is 69.7 cm³/mol. The van der Waals surface area contributed by atoms with Gasteiger partial charge in [0.15, 0.2) is 5.96 Å². The van der Waals surface area contributed by atoms with Crippen molar-refractivity contribution >= 4 is 11.9 Å². The molecule has 0 saturated heterocycles. The van der Waals surface area contributed by atoms with Crippen LogP contribution in [0.3, 0.4) is 0 Å². The second kappa shape index (κ2) is 7.14. The van der Waals surface area contributed by atoms with E-state index in [-0.39, 0.29) is 11.9 Å². The maximum Gasteiger partial charge on any atom is 0.221 e. The predicted octanol–water partition coefficient (Wildman–Crippen LogP) is 0.606. The van der Waals surface area contributed by atoms with Crippen molar-refractivity contribution in [3.8, 4) is 0 Å². The van der Waals surface area contributed by atoms with Crippen LogP contribution in [0.1, 0.15) is 39.5 Å². The first kappa shape index (κ1) is 13.8. The Morgan fingerprint density at radius 2 is 2.18 bits per heavy atom. The minimum Gasteiger partial charge on any atom is -0.370 e. The number of carbonyl (C=O) groups is 1. The van der Waals surface area contributed by atoms with E-state index in [1.54, 1.807) is 0 Å². The molecule has 0 heterocycles. The Morgan fingerprint density at radius 3 is 2.71 bits per heavy atom. The zero-order valence-electron chi connectivity index (χ0n) is 10.8. The minimum absolute atomic E-state index is 0.0410. The molecule has 4 N–H and O–H groups in total. The molecule has 17 heavy (non-hydrogen) atoms. The summed E-state index contributed by atoms with van der Waals surface area (Å²) in [4.78, 5) is 15.6. The maximum absolute atomic E-state index is 11.3. The van der Waals surface area contributed by atoms with Gasteiger partial charge < -0.3 is 16.4 Å². The van der Waals surface area contributed by atoms with Gasteiger partial charge in [0.1, 0.15) is 0 Å². The van der Waals surface area contributed by atoms with Crippen LogP contribution in [-0.4, -0.2) is 31.0 Å². The minimum atomic E-state index is 0.0410. The zero-order chi connectivity index (χ0) is 12.7. The van der Waals surface area contributed by atoms with Crippen LogP contribution >= 0.6 is 0 Å². The van der Waals surface area contributed by atoms with Crippen molar-refractivity contribution in [2.75, 3.05) is 13.1 Å². The van der Waals surface area contributed by atoms with Crippen LogP contribution in [0.5, 0.6) is 0 Å². The van der Waals surface area contributed by atoms with Crippen LogP contribution < -0.4 is 16.4 Å². The molecule has 5 nitrogen and oxygen atoms in total. The van der Waals surface area contributed by atoms with E-state index in [2.05, 4.69) is 15.6 Å². The van der Waals surface area contributed by atoms with Crippen LogP contribution in [0.25, 0.3) is 0 Å². The molecule has 1 rings (SSSR count). The number of carbonyl (C=O) groups excluding carboxylic acids is 1. The second-order valence-electron chi connectivity index (χ2n) is 4.92. The van der Waals surface area contributed by atoms with Gasteiger partial charge in [-0.15, -0.1) is 0 Å². The quantitative estimate of drug-likeness (QED) is 0.470. The highest BCUT2D eigenvalue weighted by Gasteiger charge is 2.16. The number of amides is 1. The van der Waals surface area contributed by atoms with E-state index in [0.29, 0.717) is 18.9 Å². The molecule has 0 atom stereocenters. The van der Waals surface area contributed by atoms with Crippen molar-refractivity contribution in [3.63, 3.8) is 0 Å². The summed E-state index contributed by atoms with van der Waals surface area (Å²) in [6.45, 7) is 5.25. The number of guanidine groups is 1. The smallest absolute Gasteiger partial charge is 0.221 e. The molecule has 0 unspecified atom stereocenters. The van der Waals surface area contributed by atoms with Gasteiger partial charge in [-0.2, -0.15) is 0 Å². The lowest BCUT2D eigenvalue weighted by atomic mass is 9.86. The SMILES string of the molecule is CC(C)NC(=O)CCNC(N)=NCC1CCC1. The largest absolute Gasteiger partial charge is 0.370 e. The second-order valence-corrected chi connectivity index (χ2v) is 4.92. The highest BCUT2D eigenvalue weighted by Crippen LogP contribution is 2.26. The van der Waals surface area contributed by atoms with Crippen molar-refractivity contribution in [1.82, 2.24) is 10.6 Å². The Labute approximate surface area is 103 Å². The Bertz CT molecular complexity index is 272. The van der Waals surface area contributed by atoms with Crippen LogP contribution in [0.4, 0.5) is 0 Å². The van der Waals surface area contributed by atoms with E-state index in [0.717, 1.165) is 12.5 Å². The van der Waals surface area contributed by atoms with Gasteiger partial charge in [-0.25, -0.2) is 0 Å². The first-order chi connectivity index (χ1) is 8.08. The molecule has 1 saturated carbocycles. The number of nitrogens with zero attached hydrogens (tertiary/aromatic N) is 1. The van der Waals surface area contributed by atoms with Crippen LogP contribution in [0.15, 0.2) is 4.99 Å². The fraction of sp³-hybridized carbons (Fsp3) is 0.833. The zero-order valence-corrected chi connectivity index (χ0v) is 10.8. The molecule has 0 aromatic carbocycles. The highest BCUT2D eigenvalue weighted by atomic mass is 16.1. The summed E-state index contributed by atoms with van der Waals surface area (Å²) < 4.78 is 0. The lowest BCUT2D eigenvalue weighted by Gasteiger charge is -2.23. The molecule has 1 aliphatic carbocycles. The molecule has 0 spiro atoms. The standard InChI is InChI=1S/C12H24N4O/c1-9(2)16-11(17)6-7-14-12(13)15-8-10-4-3-5-10/h9-10H,3-8H2,1-2H3,(H,16,17)(H3,13,14,15). The highest BCUT2D eigenvalue weighted by molar-refractivity contribution is 5.80. The van der Waals surface area contributed by atoms with Gasteiger partial charge in [0.05, 0.1) is 0 Å². The van der Waals surface area contributed by atoms with Crippen molar-refractivity contribution in [3.05, 3.63) is 0 Å². The molecule has 0 radical (unpaired) electrons. The average Bonchev–Trinajstić information content (AvgIpc) is 2.13. The van der Waals surface area contributed by atoms with Gasteiger partial charge in [-0.3, -0.25) is 9.79 Å². The van der Waals surface area contributed by atoms with E-state index in [9.17, 15) is 4.79 Å². The van der Waals surface area contributed by atoms with Gasteiger partial charge in [0.25, 0.3) is 0 Å². The molecule has 1 aliphatic rings. The third kappa shape index (κ3) is 6.14. The summed E-state index contributed by atoms with van der Waals surface area (Å²) in [5.74, 6) is 1.22. The van der Waals surface area contributed by atoms with E-state index in [1.807, 2.05) is 13.8 Å². The number of nitrogens with one attached hydrogen (secondary N) is 2. The summed E-state index contributed by atoms with van der Waals surface area (Å²) in [5, 5.41) is 5.78. The number of aliphatic imine (C=N–C) groups is 1. The summed E-state index contributed by atoms with van der Waals surface area (Å²) in [7, 11) is 0. The van der Waals surface area contributed by atoms with Crippen LogP contribution in [0.2, 0.25) is 0 Å². The van der Waals surface area contributed by atoms with Crippen molar-refractivity contribution in [1.29, 1.82) is 0 Å². The lowest BCUT2D eigenvalue weighted by Crippen LogP contribution is -2.37. The van der Waals surface area contributed by atoms with E-state index < -0.39 is 0 Å². The molecule has 0 aromatic rings. The normalized spacial score (nSPS) is 16.8. The summed E-state index contributed by atoms with van der Waals surface area (Å²) in [6.07, 6.45) is 4.29. The number of rotatable bonds is 6. The number of nitrogens with two attached hydrogens (primary N) is 1. The molecule has 1 amide bonds. The van der Waals surface area contributed by atoms with Gasteiger partial charge in [0.2, 0.25) is 5.91 Å². The maximum atomic E-state index is 11.3. The fourth-order valence-electron chi connectivity index (χ4n) is 1.66. The van der Waals surface area contributed by atoms with Gasteiger partial charge in [0, 0.05) is 25.6 Å². The number of hydrogen-bond acceptors (Lipinski definition) is 2. The summed E-state index contributed by atoms with van der Waals surface area (Å²) >= 11 is 0. The van der Waals surface area contributed by atoms with E-state index in [1.165, 1.54) is 19.3 Å². The van der Waals surface area contributed by atoms with E-state index in [4.69, 9.17) is 5.73 Å². The van der Waals surface area contributed by atoms with Gasteiger partial charge >= 0.3 is 0 Å². The molecule has 5 heteroatoms. The monoisotopic (exact) mass is 240 g/mol. The molecule has 98 valence electrons. The van der Waals surface area contributed by atoms with Crippen LogP contribution in [-0.2, 0) is 4.79 Å². The Balaban J connectivity index is 2.06. The summed E-state index contributed by atoms with van der Waals surface area (Å²) in [5.41, 5.74) is 5.70. The average molecular weight is 240 g/mol. The number of hydrogen-bond donors (Lipinski definition) is 3. The lowest BCUT2D eigenvalue weighted by molar-refractivity contribution is -0.121. The van der Waals surface area contributed by atoms with Crippen LogP contribution in [0, 0.1) is 5.92 Å². The fourth-order valence-corrected chi connectivity index (χ4v) is 1.66. The van der Waals surface area contributed by atoms with Gasteiger partial charge in [-0.1, -0.05) is 6.42 Å². The van der Waals surface area contributed by atoms with Crippen molar-refractivity contribution in [2.24, 2.45) is 16.6 Å². The Hall–Kier alpha value is -1.26. The molecular formula is C12H24N4O. The first-order valence-electron chi connectivity index (χ1n) is 6.41. The Kier molecular flexibility index (Phi) is 5.80. The first-order valence-corrected chi connectivity index (χ1v) is 6.41. The molecule has 0 bridgehead atoms. The van der Waals surface area contributed by atoms with Gasteiger partial charge in [-0.05, 0) is 32.6 Å². The molecule has 1 fully saturated rings.